The molecule has 0 radical (unpaired) electrons. The van der Waals surface area contributed by atoms with E-state index in [1.165, 1.54) is 32.1 Å². The number of rotatable bonds is 3. The summed E-state index contributed by atoms with van der Waals surface area (Å²) in [6.07, 6.45) is 7.10. The molecule has 3 rings (SSSR count). The predicted octanol–water partition coefficient (Wildman–Crippen LogP) is 1.46. The van der Waals surface area contributed by atoms with Crippen LogP contribution in [0.3, 0.4) is 0 Å². The third-order valence-corrected chi connectivity index (χ3v) is 6.96. The van der Waals surface area contributed by atoms with Crippen molar-refractivity contribution in [3.8, 4) is 0 Å². The van der Waals surface area contributed by atoms with Gasteiger partial charge in [-0.25, -0.2) is 0 Å². The fourth-order valence-electron chi connectivity index (χ4n) is 3.09. The first-order chi connectivity index (χ1) is 9.45. The Kier molecular flexibility index (Phi) is 6.78. The Labute approximate surface area is 146 Å². The average molecular weight is 291 g/mol. The number of benzene rings is 2. The van der Waals surface area contributed by atoms with Crippen molar-refractivity contribution in [1.82, 2.24) is 0 Å². The van der Waals surface area contributed by atoms with Crippen molar-refractivity contribution in [2.24, 2.45) is 0 Å². The monoisotopic (exact) mass is 291 g/mol. The van der Waals surface area contributed by atoms with Crippen LogP contribution in [0.5, 0.6) is 0 Å². The summed E-state index contributed by atoms with van der Waals surface area (Å²) >= 11 is 0. The molecule has 0 nitrogen and oxygen atoms in total. The van der Waals surface area contributed by atoms with Gasteiger partial charge in [-0.15, -0.1) is 0 Å². The van der Waals surface area contributed by atoms with E-state index in [1.807, 2.05) is 0 Å². The molecule has 0 saturated heterocycles. The molecule has 0 bridgehead atoms. The van der Waals surface area contributed by atoms with Gasteiger partial charge >= 0.3 is 29.6 Å². The molecule has 1 saturated carbocycles. The van der Waals surface area contributed by atoms with Crippen LogP contribution in [0.1, 0.15) is 32.1 Å². The molecular formula is C18H21NaP+. The van der Waals surface area contributed by atoms with Gasteiger partial charge in [-0.3, -0.25) is 0 Å². The molecule has 2 heteroatoms. The fourth-order valence-corrected chi connectivity index (χ4v) is 6.10. The van der Waals surface area contributed by atoms with E-state index in [-0.39, 0.29) is 37.5 Å². The Hall–Kier alpha value is -0.130. The molecule has 0 aromatic heterocycles. The van der Waals surface area contributed by atoms with Gasteiger partial charge in [-0.1, -0.05) is 79.9 Å². The van der Waals surface area contributed by atoms with Gasteiger partial charge in [0.15, 0.2) is 0 Å². The van der Waals surface area contributed by atoms with Crippen LogP contribution in [0.15, 0.2) is 60.7 Å². The van der Waals surface area contributed by atoms with Gasteiger partial charge in [0.25, 0.3) is 0 Å². The Balaban J connectivity index is 0.00000147. The van der Waals surface area contributed by atoms with Crippen LogP contribution in [0, 0.1) is 0 Å². The zero-order chi connectivity index (χ0) is 12.9. The summed E-state index contributed by atoms with van der Waals surface area (Å²) in [6, 6.07) is 22.3. The normalized spacial score (nSPS) is 15.8. The summed E-state index contributed by atoms with van der Waals surface area (Å²) in [7, 11) is -0.169. The van der Waals surface area contributed by atoms with Crippen LogP contribution < -0.4 is 40.2 Å². The van der Waals surface area contributed by atoms with Crippen LogP contribution in [-0.4, -0.2) is 5.66 Å². The summed E-state index contributed by atoms with van der Waals surface area (Å²) in [5, 5.41) is 3.10. The molecule has 98 valence electrons. The van der Waals surface area contributed by atoms with Crippen LogP contribution in [0.4, 0.5) is 0 Å². The number of hydrogen-bond acceptors (Lipinski definition) is 0. The fraction of sp³-hybridized carbons (Fsp3) is 0.333. The minimum atomic E-state index is -0.169. The van der Waals surface area contributed by atoms with E-state index in [2.05, 4.69) is 60.7 Å². The molecule has 0 amide bonds. The van der Waals surface area contributed by atoms with E-state index in [9.17, 15) is 0 Å². The predicted molar refractivity (Wildman–Crippen MR) is 85.9 cm³/mol. The first-order valence-electron chi connectivity index (χ1n) is 7.34. The summed E-state index contributed by atoms with van der Waals surface area (Å²) in [6.45, 7) is 0. The van der Waals surface area contributed by atoms with E-state index in [0.717, 1.165) is 5.66 Å². The summed E-state index contributed by atoms with van der Waals surface area (Å²) < 4.78 is 0. The van der Waals surface area contributed by atoms with E-state index in [0.29, 0.717) is 0 Å². The van der Waals surface area contributed by atoms with Gasteiger partial charge in [0.2, 0.25) is 0 Å². The Morgan fingerprint density at radius 2 is 1.10 bits per heavy atom. The first kappa shape index (κ1) is 16.2. The second-order valence-corrected chi connectivity index (χ2v) is 7.84. The Morgan fingerprint density at radius 3 is 1.55 bits per heavy atom. The third-order valence-electron chi connectivity index (χ3n) is 4.01. The molecule has 0 N–H and O–H groups in total. The average Bonchev–Trinajstić information content (AvgIpc) is 2.51. The van der Waals surface area contributed by atoms with Crippen molar-refractivity contribution in [3.05, 3.63) is 60.7 Å². The smallest absolute Gasteiger partial charge is 0.0622 e. The third kappa shape index (κ3) is 3.95. The molecule has 0 aliphatic heterocycles. The second kappa shape index (κ2) is 8.35. The van der Waals surface area contributed by atoms with Crippen LogP contribution >= 0.6 is 7.92 Å². The van der Waals surface area contributed by atoms with Crippen molar-refractivity contribution in [2.75, 3.05) is 0 Å². The van der Waals surface area contributed by atoms with Crippen molar-refractivity contribution in [2.45, 2.75) is 37.8 Å². The summed E-state index contributed by atoms with van der Waals surface area (Å²) in [4.78, 5) is 0. The molecular weight excluding hydrogens is 270 g/mol. The Morgan fingerprint density at radius 1 is 0.650 bits per heavy atom. The van der Waals surface area contributed by atoms with Crippen molar-refractivity contribution < 1.29 is 29.6 Å². The van der Waals surface area contributed by atoms with E-state index < -0.39 is 0 Å². The largest absolute Gasteiger partial charge is 1.00 e. The summed E-state index contributed by atoms with van der Waals surface area (Å²) in [5.41, 5.74) is 0.883. The molecule has 0 unspecified atom stereocenters. The zero-order valence-corrected chi connectivity index (χ0v) is 15.2. The standard InChI is InChI=1S/C18H21P.Na/c1-4-10-16(11-5-1)19(17-12-6-2-7-13-17)18-14-8-3-9-15-18;/h1-2,4-7,10-13,18H,3,8-9,14-15H2;/q;+1. The molecule has 2 aromatic carbocycles. The molecule has 1 fully saturated rings. The minimum absolute atomic E-state index is 0. The maximum atomic E-state index is 2.33. The van der Waals surface area contributed by atoms with E-state index in [4.69, 9.17) is 0 Å². The number of hydrogen-bond donors (Lipinski definition) is 0. The van der Waals surface area contributed by atoms with Crippen molar-refractivity contribution in [3.63, 3.8) is 0 Å². The maximum absolute atomic E-state index is 2.33. The van der Waals surface area contributed by atoms with Gasteiger partial charge in [0.05, 0.1) is 0 Å². The van der Waals surface area contributed by atoms with Gasteiger partial charge in [0, 0.05) is 0 Å². The SMILES string of the molecule is [Na+].c1ccc(P(c2ccccc2)C2CCCCC2)cc1. The second-order valence-electron chi connectivity index (χ2n) is 5.33. The molecule has 1 aliphatic rings. The maximum Gasteiger partial charge on any atom is 1.00 e. The zero-order valence-electron chi connectivity index (χ0n) is 12.3. The van der Waals surface area contributed by atoms with Crippen LogP contribution in [-0.2, 0) is 0 Å². The van der Waals surface area contributed by atoms with Gasteiger partial charge < -0.3 is 0 Å². The van der Waals surface area contributed by atoms with Crippen LogP contribution in [0.25, 0.3) is 0 Å². The quantitative estimate of drug-likeness (QED) is 0.593. The Bertz CT molecular complexity index is 452. The van der Waals surface area contributed by atoms with Crippen LogP contribution in [0.2, 0.25) is 0 Å². The first-order valence-corrected chi connectivity index (χ1v) is 8.75. The van der Waals surface area contributed by atoms with Crippen molar-refractivity contribution in [1.29, 1.82) is 0 Å². The summed E-state index contributed by atoms with van der Waals surface area (Å²) in [5.74, 6) is 0. The van der Waals surface area contributed by atoms with E-state index >= 15 is 0 Å². The molecule has 0 heterocycles. The van der Waals surface area contributed by atoms with E-state index in [1.54, 1.807) is 10.6 Å². The molecule has 0 atom stereocenters. The topological polar surface area (TPSA) is 0 Å². The molecule has 1 aliphatic carbocycles. The molecule has 2 aromatic rings. The van der Waals surface area contributed by atoms with Gasteiger partial charge in [-0.2, -0.15) is 0 Å². The van der Waals surface area contributed by atoms with Crippen molar-refractivity contribution >= 4 is 18.5 Å². The van der Waals surface area contributed by atoms with Gasteiger partial charge in [-0.05, 0) is 37.0 Å². The van der Waals surface area contributed by atoms with Gasteiger partial charge in [0.1, 0.15) is 0 Å². The minimum Gasteiger partial charge on any atom is -0.0622 e. The molecule has 0 spiro atoms. The molecule has 20 heavy (non-hydrogen) atoms.